The van der Waals surface area contributed by atoms with E-state index in [2.05, 4.69) is 35.9 Å². The Morgan fingerprint density at radius 3 is 2.34 bits per heavy atom. The average Bonchev–Trinajstić information content (AvgIpc) is 3.11. The molecule has 0 aromatic carbocycles. The second-order valence-electron chi connectivity index (χ2n) is 6.78. The third-order valence-electron chi connectivity index (χ3n) is 4.76. The molecule has 4 rings (SSSR count). The molecule has 0 bridgehead atoms. The van der Waals surface area contributed by atoms with Gasteiger partial charge in [-0.05, 0) is 50.1 Å². The van der Waals surface area contributed by atoms with Gasteiger partial charge < -0.3 is 10.6 Å². The molecule has 3 aromatic heterocycles. The van der Waals surface area contributed by atoms with Crippen molar-refractivity contribution in [3.05, 3.63) is 30.2 Å². The van der Waals surface area contributed by atoms with Crippen molar-refractivity contribution in [2.45, 2.75) is 49.1 Å². The number of fused-ring (bicyclic) bond motifs is 1. The first-order valence-corrected chi connectivity index (χ1v) is 10.3. The Kier molecular flexibility index (Phi) is 5.43. The van der Waals surface area contributed by atoms with Gasteiger partial charge in [0.05, 0.1) is 0 Å². The third-order valence-corrected chi connectivity index (χ3v) is 5.38. The summed E-state index contributed by atoms with van der Waals surface area (Å²) in [4.78, 5) is 6.86. The SMILES string of the molecule is CSc1nnc2ccc(NC3CCC(Nc4ccnc(C(F)(F)F)n4)CC3)nn12. The van der Waals surface area contributed by atoms with Crippen molar-refractivity contribution in [2.24, 2.45) is 0 Å². The zero-order valence-corrected chi connectivity index (χ0v) is 16.3. The summed E-state index contributed by atoms with van der Waals surface area (Å²) in [6.45, 7) is 0. The number of nitrogens with zero attached hydrogens (tertiary/aromatic N) is 6. The topological polar surface area (TPSA) is 92.9 Å². The standard InChI is InChI=1S/C17H19F3N8S/c1-29-16-26-25-14-7-6-13(27-28(14)16)23-11-4-2-10(3-5-11)22-12-8-9-21-15(24-12)17(18,19)20/h6-11H,2-5H2,1H3,(H,23,27)(H,21,22,24). The lowest BCUT2D eigenvalue weighted by Gasteiger charge is -2.30. The number of nitrogens with one attached hydrogen (secondary N) is 2. The number of rotatable bonds is 5. The van der Waals surface area contributed by atoms with Crippen LogP contribution in [0.5, 0.6) is 0 Å². The van der Waals surface area contributed by atoms with Crippen molar-refractivity contribution in [3.63, 3.8) is 0 Å². The predicted octanol–water partition coefficient (Wildman–Crippen LogP) is 3.49. The Morgan fingerprint density at radius 1 is 1.00 bits per heavy atom. The van der Waals surface area contributed by atoms with Gasteiger partial charge in [-0.1, -0.05) is 11.8 Å². The molecule has 1 aliphatic rings. The molecule has 0 unspecified atom stereocenters. The van der Waals surface area contributed by atoms with Crippen LogP contribution >= 0.6 is 11.8 Å². The summed E-state index contributed by atoms with van der Waals surface area (Å²) in [5.41, 5.74) is 0.691. The number of anilines is 2. The average molecular weight is 424 g/mol. The first-order valence-electron chi connectivity index (χ1n) is 9.12. The van der Waals surface area contributed by atoms with Gasteiger partial charge in [0.15, 0.2) is 5.65 Å². The highest BCUT2D eigenvalue weighted by Gasteiger charge is 2.34. The summed E-state index contributed by atoms with van der Waals surface area (Å²) in [6, 6.07) is 5.51. The predicted molar refractivity (Wildman–Crippen MR) is 103 cm³/mol. The van der Waals surface area contributed by atoms with Crippen LogP contribution in [0.25, 0.3) is 5.65 Å². The van der Waals surface area contributed by atoms with E-state index in [4.69, 9.17) is 0 Å². The normalized spacial score (nSPS) is 20.0. The molecule has 3 aromatic rings. The molecule has 2 N–H and O–H groups in total. The van der Waals surface area contributed by atoms with Crippen LogP contribution in [-0.4, -0.2) is 48.1 Å². The Hall–Kier alpha value is -2.63. The molecule has 0 atom stereocenters. The maximum Gasteiger partial charge on any atom is 0.451 e. The molecule has 12 heteroatoms. The van der Waals surface area contributed by atoms with Crippen LogP contribution in [0.4, 0.5) is 24.8 Å². The van der Waals surface area contributed by atoms with E-state index in [-0.39, 0.29) is 17.9 Å². The fraction of sp³-hybridized carbons (Fsp3) is 0.471. The van der Waals surface area contributed by atoms with Gasteiger partial charge in [0.25, 0.3) is 0 Å². The molecule has 29 heavy (non-hydrogen) atoms. The fourth-order valence-corrected chi connectivity index (χ4v) is 3.78. The van der Waals surface area contributed by atoms with Crippen molar-refractivity contribution >= 4 is 29.0 Å². The Balaban J connectivity index is 1.34. The first kappa shape index (κ1) is 19.7. The lowest BCUT2D eigenvalue weighted by atomic mass is 9.91. The zero-order valence-electron chi connectivity index (χ0n) is 15.5. The van der Waals surface area contributed by atoms with E-state index in [0.717, 1.165) is 42.9 Å². The maximum atomic E-state index is 12.8. The lowest BCUT2D eigenvalue weighted by molar-refractivity contribution is -0.144. The van der Waals surface area contributed by atoms with E-state index in [1.165, 1.54) is 17.8 Å². The summed E-state index contributed by atoms with van der Waals surface area (Å²) >= 11 is 1.47. The molecule has 0 saturated heterocycles. The molecular weight excluding hydrogens is 405 g/mol. The highest BCUT2D eigenvalue weighted by Crippen LogP contribution is 2.28. The number of aromatic nitrogens is 6. The van der Waals surface area contributed by atoms with Crippen molar-refractivity contribution in [1.82, 2.24) is 29.8 Å². The van der Waals surface area contributed by atoms with Crippen molar-refractivity contribution in [2.75, 3.05) is 16.9 Å². The van der Waals surface area contributed by atoms with Gasteiger partial charge in [0, 0.05) is 18.3 Å². The van der Waals surface area contributed by atoms with Gasteiger partial charge in [0.2, 0.25) is 11.0 Å². The van der Waals surface area contributed by atoms with E-state index in [0.29, 0.717) is 5.65 Å². The summed E-state index contributed by atoms with van der Waals surface area (Å²) in [7, 11) is 0. The second-order valence-corrected chi connectivity index (χ2v) is 7.55. The maximum absolute atomic E-state index is 12.8. The third kappa shape index (κ3) is 4.52. The molecule has 0 radical (unpaired) electrons. The number of hydrogen-bond acceptors (Lipinski definition) is 8. The molecular formula is C17H19F3N8S. The monoisotopic (exact) mass is 424 g/mol. The minimum atomic E-state index is -4.55. The molecule has 1 fully saturated rings. The minimum absolute atomic E-state index is 0.0698. The smallest absolute Gasteiger partial charge is 0.367 e. The van der Waals surface area contributed by atoms with Gasteiger partial charge >= 0.3 is 6.18 Å². The zero-order chi connectivity index (χ0) is 20.4. The van der Waals surface area contributed by atoms with Crippen LogP contribution in [0.15, 0.2) is 29.6 Å². The number of thioether (sulfide) groups is 1. The van der Waals surface area contributed by atoms with Gasteiger partial charge in [-0.25, -0.2) is 9.97 Å². The molecule has 0 aliphatic heterocycles. The van der Waals surface area contributed by atoms with E-state index in [9.17, 15) is 13.2 Å². The lowest BCUT2D eigenvalue weighted by Crippen LogP contribution is -2.33. The Bertz CT molecular complexity index is 984. The van der Waals surface area contributed by atoms with Crippen LogP contribution < -0.4 is 10.6 Å². The first-order chi connectivity index (χ1) is 13.9. The Labute approximate surface area is 168 Å². The fourth-order valence-electron chi connectivity index (χ4n) is 3.35. The van der Waals surface area contributed by atoms with E-state index in [1.54, 1.807) is 4.52 Å². The van der Waals surface area contributed by atoms with Crippen molar-refractivity contribution in [1.29, 1.82) is 0 Å². The molecule has 0 spiro atoms. The van der Waals surface area contributed by atoms with Crippen LogP contribution in [-0.2, 0) is 6.18 Å². The number of hydrogen-bond donors (Lipinski definition) is 2. The van der Waals surface area contributed by atoms with Gasteiger partial charge in [-0.3, -0.25) is 0 Å². The number of alkyl halides is 3. The largest absolute Gasteiger partial charge is 0.451 e. The van der Waals surface area contributed by atoms with Gasteiger partial charge in [-0.2, -0.15) is 17.7 Å². The van der Waals surface area contributed by atoms with Gasteiger partial charge in [0.1, 0.15) is 11.6 Å². The molecule has 1 saturated carbocycles. The van der Waals surface area contributed by atoms with Crippen molar-refractivity contribution < 1.29 is 13.2 Å². The summed E-state index contributed by atoms with van der Waals surface area (Å²) in [5, 5.41) is 19.9. The second kappa shape index (κ2) is 8.01. The minimum Gasteiger partial charge on any atom is -0.367 e. The van der Waals surface area contributed by atoms with Crippen LogP contribution in [0.1, 0.15) is 31.5 Å². The summed E-state index contributed by atoms with van der Waals surface area (Å²) in [5.74, 6) is -0.180. The van der Waals surface area contributed by atoms with Crippen LogP contribution in [0.3, 0.4) is 0 Å². The highest BCUT2D eigenvalue weighted by atomic mass is 32.2. The molecule has 8 nitrogen and oxygen atoms in total. The van der Waals surface area contributed by atoms with E-state index in [1.807, 2.05) is 18.4 Å². The molecule has 3 heterocycles. The number of halogens is 3. The summed E-state index contributed by atoms with van der Waals surface area (Å²) in [6.07, 6.45) is 1.86. The molecule has 1 aliphatic carbocycles. The Morgan fingerprint density at radius 2 is 1.69 bits per heavy atom. The van der Waals surface area contributed by atoms with Crippen LogP contribution in [0.2, 0.25) is 0 Å². The van der Waals surface area contributed by atoms with Crippen LogP contribution in [0, 0.1) is 0 Å². The van der Waals surface area contributed by atoms with E-state index < -0.39 is 12.0 Å². The highest BCUT2D eigenvalue weighted by molar-refractivity contribution is 7.98. The van der Waals surface area contributed by atoms with E-state index >= 15 is 0 Å². The molecule has 0 amide bonds. The van der Waals surface area contributed by atoms with Crippen molar-refractivity contribution in [3.8, 4) is 0 Å². The molecule has 154 valence electrons. The van der Waals surface area contributed by atoms with Gasteiger partial charge in [-0.15, -0.1) is 15.3 Å². The summed E-state index contributed by atoms with van der Waals surface area (Å²) < 4.78 is 40.0. The quantitative estimate of drug-likeness (QED) is 0.602.